The standard InChI is InChI=1S/C14H14O/c1-3-14(2,15)13-10-6-8-11-7-4-5-9-12(11)13/h3-10,15H,1H2,2H3. The Hall–Kier alpha value is -1.60. The molecule has 0 heterocycles. The van der Waals surface area contributed by atoms with E-state index in [1.807, 2.05) is 42.5 Å². The van der Waals surface area contributed by atoms with E-state index in [2.05, 4.69) is 6.58 Å². The van der Waals surface area contributed by atoms with Crippen LogP contribution in [0.3, 0.4) is 0 Å². The summed E-state index contributed by atoms with van der Waals surface area (Å²) in [6.07, 6.45) is 1.56. The summed E-state index contributed by atoms with van der Waals surface area (Å²) >= 11 is 0. The van der Waals surface area contributed by atoms with Gasteiger partial charge < -0.3 is 5.11 Å². The fraction of sp³-hybridized carbons (Fsp3) is 0.143. The Kier molecular flexibility index (Phi) is 2.33. The lowest BCUT2D eigenvalue weighted by Crippen LogP contribution is -2.17. The average Bonchev–Trinajstić information content (AvgIpc) is 2.28. The van der Waals surface area contributed by atoms with E-state index in [0.717, 1.165) is 16.3 Å². The molecule has 76 valence electrons. The Morgan fingerprint density at radius 2 is 1.80 bits per heavy atom. The van der Waals surface area contributed by atoms with Crippen molar-refractivity contribution in [2.75, 3.05) is 0 Å². The number of hydrogen-bond donors (Lipinski definition) is 1. The zero-order valence-electron chi connectivity index (χ0n) is 8.77. The maximum atomic E-state index is 10.2. The Balaban J connectivity index is 2.76. The molecule has 0 saturated heterocycles. The maximum absolute atomic E-state index is 10.2. The van der Waals surface area contributed by atoms with Crippen molar-refractivity contribution in [3.63, 3.8) is 0 Å². The molecule has 0 bridgehead atoms. The summed E-state index contributed by atoms with van der Waals surface area (Å²) < 4.78 is 0. The zero-order valence-corrected chi connectivity index (χ0v) is 8.77. The van der Waals surface area contributed by atoms with E-state index in [0.29, 0.717) is 0 Å². The van der Waals surface area contributed by atoms with Gasteiger partial charge in [0.25, 0.3) is 0 Å². The quantitative estimate of drug-likeness (QED) is 0.734. The summed E-state index contributed by atoms with van der Waals surface area (Å²) in [7, 11) is 0. The van der Waals surface area contributed by atoms with Crippen LogP contribution in [-0.2, 0) is 5.60 Å². The van der Waals surface area contributed by atoms with Crippen molar-refractivity contribution in [1.82, 2.24) is 0 Å². The van der Waals surface area contributed by atoms with Crippen LogP contribution in [0.1, 0.15) is 12.5 Å². The van der Waals surface area contributed by atoms with E-state index in [1.165, 1.54) is 0 Å². The first-order valence-electron chi connectivity index (χ1n) is 4.99. The van der Waals surface area contributed by atoms with E-state index < -0.39 is 5.60 Å². The fourth-order valence-corrected chi connectivity index (χ4v) is 1.78. The fourth-order valence-electron chi connectivity index (χ4n) is 1.78. The minimum Gasteiger partial charge on any atom is -0.381 e. The summed E-state index contributed by atoms with van der Waals surface area (Å²) in [6.45, 7) is 5.42. The third-order valence-corrected chi connectivity index (χ3v) is 2.73. The molecule has 1 unspecified atom stereocenters. The molecule has 0 fully saturated rings. The van der Waals surface area contributed by atoms with Crippen LogP contribution in [-0.4, -0.2) is 5.11 Å². The van der Waals surface area contributed by atoms with Gasteiger partial charge in [-0.05, 0) is 23.3 Å². The molecule has 0 aliphatic carbocycles. The van der Waals surface area contributed by atoms with Crippen LogP contribution in [0, 0.1) is 0 Å². The lowest BCUT2D eigenvalue weighted by atomic mass is 9.91. The molecule has 2 aromatic carbocycles. The first-order chi connectivity index (χ1) is 7.15. The molecule has 15 heavy (non-hydrogen) atoms. The molecule has 1 nitrogen and oxygen atoms in total. The van der Waals surface area contributed by atoms with Crippen LogP contribution in [0.5, 0.6) is 0 Å². The van der Waals surface area contributed by atoms with Crippen LogP contribution < -0.4 is 0 Å². The topological polar surface area (TPSA) is 20.2 Å². The summed E-state index contributed by atoms with van der Waals surface area (Å²) in [5, 5.41) is 12.4. The van der Waals surface area contributed by atoms with Crippen LogP contribution in [0.15, 0.2) is 55.1 Å². The lowest BCUT2D eigenvalue weighted by molar-refractivity contribution is 0.113. The molecule has 0 saturated carbocycles. The molecule has 0 spiro atoms. The molecule has 1 atom stereocenters. The summed E-state index contributed by atoms with van der Waals surface area (Å²) in [6, 6.07) is 14.0. The smallest absolute Gasteiger partial charge is 0.105 e. The van der Waals surface area contributed by atoms with Crippen molar-refractivity contribution in [3.8, 4) is 0 Å². The Bertz CT molecular complexity index is 492. The van der Waals surface area contributed by atoms with E-state index in [4.69, 9.17) is 0 Å². The van der Waals surface area contributed by atoms with Gasteiger partial charge in [-0.3, -0.25) is 0 Å². The molecule has 0 aromatic heterocycles. The maximum Gasteiger partial charge on any atom is 0.105 e. The molecular formula is C14H14O. The Labute approximate surface area is 89.7 Å². The van der Waals surface area contributed by atoms with Gasteiger partial charge in [-0.15, -0.1) is 0 Å². The number of fused-ring (bicyclic) bond motifs is 1. The molecule has 0 aliphatic heterocycles. The van der Waals surface area contributed by atoms with E-state index in [-0.39, 0.29) is 0 Å². The SMILES string of the molecule is C=CC(C)(O)c1cccc2ccccc12. The van der Waals surface area contributed by atoms with Crippen molar-refractivity contribution in [2.24, 2.45) is 0 Å². The third kappa shape index (κ3) is 1.66. The lowest BCUT2D eigenvalue weighted by Gasteiger charge is -2.21. The highest BCUT2D eigenvalue weighted by Gasteiger charge is 2.20. The third-order valence-electron chi connectivity index (χ3n) is 2.73. The van der Waals surface area contributed by atoms with Gasteiger partial charge in [0, 0.05) is 0 Å². The summed E-state index contributed by atoms with van der Waals surface area (Å²) in [5.41, 5.74) is -0.0727. The second-order valence-electron chi connectivity index (χ2n) is 3.88. The predicted molar refractivity (Wildman–Crippen MR) is 63.7 cm³/mol. The van der Waals surface area contributed by atoms with Crippen molar-refractivity contribution in [3.05, 3.63) is 60.7 Å². The van der Waals surface area contributed by atoms with Gasteiger partial charge in [0.15, 0.2) is 0 Å². The van der Waals surface area contributed by atoms with Crippen LogP contribution in [0.25, 0.3) is 10.8 Å². The molecular weight excluding hydrogens is 184 g/mol. The first kappa shape index (κ1) is 9.94. The monoisotopic (exact) mass is 198 g/mol. The molecule has 0 aliphatic rings. The number of benzene rings is 2. The van der Waals surface area contributed by atoms with Crippen LogP contribution >= 0.6 is 0 Å². The first-order valence-corrected chi connectivity index (χ1v) is 4.99. The minimum absolute atomic E-state index is 0.899. The molecule has 1 heteroatoms. The second kappa shape index (κ2) is 3.52. The highest BCUT2D eigenvalue weighted by Crippen LogP contribution is 2.29. The van der Waals surface area contributed by atoms with Crippen molar-refractivity contribution in [1.29, 1.82) is 0 Å². The van der Waals surface area contributed by atoms with Crippen molar-refractivity contribution < 1.29 is 5.11 Å². The van der Waals surface area contributed by atoms with Gasteiger partial charge >= 0.3 is 0 Å². The molecule has 0 amide bonds. The Morgan fingerprint density at radius 1 is 1.13 bits per heavy atom. The van der Waals surface area contributed by atoms with Crippen molar-refractivity contribution in [2.45, 2.75) is 12.5 Å². The average molecular weight is 198 g/mol. The van der Waals surface area contributed by atoms with E-state index >= 15 is 0 Å². The van der Waals surface area contributed by atoms with Gasteiger partial charge in [-0.2, -0.15) is 0 Å². The number of aliphatic hydroxyl groups is 1. The highest BCUT2D eigenvalue weighted by molar-refractivity contribution is 5.86. The van der Waals surface area contributed by atoms with Crippen LogP contribution in [0.2, 0.25) is 0 Å². The van der Waals surface area contributed by atoms with Crippen molar-refractivity contribution >= 4 is 10.8 Å². The number of hydrogen-bond acceptors (Lipinski definition) is 1. The Morgan fingerprint density at radius 3 is 2.53 bits per heavy atom. The normalized spacial score (nSPS) is 14.8. The summed E-state index contributed by atoms with van der Waals surface area (Å²) in [4.78, 5) is 0. The molecule has 0 radical (unpaired) electrons. The number of rotatable bonds is 2. The van der Waals surface area contributed by atoms with Gasteiger partial charge in [-0.1, -0.05) is 55.1 Å². The second-order valence-corrected chi connectivity index (χ2v) is 3.88. The molecule has 2 rings (SSSR count). The summed E-state index contributed by atoms with van der Waals surface area (Å²) in [5.74, 6) is 0. The largest absolute Gasteiger partial charge is 0.381 e. The highest BCUT2D eigenvalue weighted by atomic mass is 16.3. The molecule has 1 N–H and O–H groups in total. The van der Waals surface area contributed by atoms with Gasteiger partial charge in [0.2, 0.25) is 0 Å². The van der Waals surface area contributed by atoms with Gasteiger partial charge in [0.05, 0.1) is 0 Å². The van der Waals surface area contributed by atoms with Gasteiger partial charge in [-0.25, -0.2) is 0 Å². The molecule has 2 aromatic rings. The van der Waals surface area contributed by atoms with E-state index in [9.17, 15) is 5.11 Å². The predicted octanol–water partition coefficient (Wildman–Crippen LogP) is 3.23. The van der Waals surface area contributed by atoms with Crippen LogP contribution in [0.4, 0.5) is 0 Å². The van der Waals surface area contributed by atoms with E-state index in [1.54, 1.807) is 13.0 Å². The zero-order chi connectivity index (χ0) is 10.9. The minimum atomic E-state index is -0.971. The van der Waals surface area contributed by atoms with Gasteiger partial charge in [0.1, 0.15) is 5.60 Å².